The molecule has 2 aliphatic rings. The van der Waals surface area contributed by atoms with E-state index in [0.717, 1.165) is 31.0 Å². The Labute approximate surface area is 126 Å². The van der Waals surface area contributed by atoms with Gasteiger partial charge in [0.2, 0.25) is 0 Å². The van der Waals surface area contributed by atoms with Gasteiger partial charge in [-0.15, -0.1) is 0 Å². The van der Waals surface area contributed by atoms with E-state index in [1.807, 2.05) is 0 Å². The predicted molar refractivity (Wildman–Crippen MR) is 86.0 cm³/mol. The second-order valence-electron chi connectivity index (χ2n) is 7.03. The van der Waals surface area contributed by atoms with Crippen molar-refractivity contribution in [3.05, 3.63) is 0 Å². The first-order valence-corrected chi connectivity index (χ1v) is 9.12. The number of rotatable bonds is 8. The van der Waals surface area contributed by atoms with Crippen LogP contribution in [0.3, 0.4) is 0 Å². The van der Waals surface area contributed by atoms with Gasteiger partial charge < -0.3 is 10.1 Å². The van der Waals surface area contributed by atoms with Crippen LogP contribution in [0.25, 0.3) is 0 Å². The molecule has 1 saturated heterocycles. The van der Waals surface area contributed by atoms with E-state index in [-0.39, 0.29) is 0 Å². The third kappa shape index (κ3) is 3.76. The molecule has 0 amide bonds. The van der Waals surface area contributed by atoms with E-state index in [9.17, 15) is 0 Å². The first-order valence-electron chi connectivity index (χ1n) is 9.12. The molecular weight excluding hydrogens is 246 g/mol. The van der Waals surface area contributed by atoms with Crippen LogP contribution in [0.2, 0.25) is 0 Å². The number of hydrogen-bond acceptors (Lipinski definition) is 2. The minimum absolute atomic E-state index is 0.291. The molecule has 0 aromatic heterocycles. The highest BCUT2D eigenvalue weighted by Gasteiger charge is 2.45. The van der Waals surface area contributed by atoms with Crippen LogP contribution in [0.5, 0.6) is 0 Å². The van der Waals surface area contributed by atoms with Gasteiger partial charge in [-0.1, -0.05) is 40.0 Å². The van der Waals surface area contributed by atoms with Crippen LogP contribution in [0.4, 0.5) is 0 Å². The van der Waals surface area contributed by atoms with Gasteiger partial charge in [-0.3, -0.25) is 0 Å². The zero-order valence-corrected chi connectivity index (χ0v) is 13.9. The Hall–Kier alpha value is -0.0800. The average molecular weight is 281 g/mol. The van der Waals surface area contributed by atoms with Gasteiger partial charge in [0.15, 0.2) is 0 Å². The summed E-state index contributed by atoms with van der Waals surface area (Å²) in [5, 5.41) is 3.84. The molecule has 0 bridgehead atoms. The summed E-state index contributed by atoms with van der Waals surface area (Å²) < 4.78 is 6.13. The zero-order valence-electron chi connectivity index (χ0n) is 13.9. The summed E-state index contributed by atoms with van der Waals surface area (Å²) in [7, 11) is 0. The molecule has 2 nitrogen and oxygen atoms in total. The molecule has 0 aromatic rings. The number of ether oxygens (including phenoxy) is 1. The summed E-state index contributed by atoms with van der Waals surface area (Å²) in [6.45, 7) is 9.06. The van der Waals surface area contributed by atoms with E-state index in [4.69, 9.17) is 4.74 Å². The lowest BCUT2D eigenvalue weighted by atomic mass is 9.68. The molecule has 1 aliphatic heterocycles. The Kier molecular flexibility index (Phi) is 6.35. The van der Waals surface area contributed by atoms with Crippen molar-refractivity contribution < 1.29 is 4.74 Å². The normalized spacial score (nSPS) is 28.1. The second kappa shape index (κ2) is 7.79. The van der Waals surface area contributed by atoms with Crippen LogP contribution in [-0.2, 0) is 4.74 Å². The van der Waals surface area contributed by atoms with E-state index in [0.29, 0.717) is 5.60 Å². The van der Waals surface area contributed by atoms with Crippen LogP contribution in [0.15, 0.2) is 0 Å². The van der Waals surface area contributed by atoms with Crippen molar-refractivity contribution in [3.63, 3.8) is 0 Å². The third-order valence-electron chi connectivity index (χ3n) is 5.70. The lowest BCUT2D eigenvalue weighted by Gasteiger charge is -2.50. The SMILES string of the molecule is CCCCC(CC)C(NCC)C1CCOC2(CCC2)C1. The molecule has 2 fully saturated rings. The maximum Gasteiger partial charge on any atom is 0.0685 e. The Bertz CT molecular complexity index is 275. The fourth-order valence-corrected chi connectivity index (χ4v) is 4.35. The molecule has 1 heterocycles. The summed E-state index contributed by atoms with van der Waals surface area (Å²) >= 11 is 0. The van der Waals surface area contributed by atoms with Gasteiger partial charge in [0, 0.05) is 12.6 Å². The first kappa shape index (κ1) is 16.3. The summed E-state index contributed by atoms with van der Waals surface area (Å²) in [6.07, 6.45) is 12.0. The van der Waals surface area contributed by atoms with Gasteiger partial charge >= 0.3 is 0 Å². The Morgan fingerprint density at radius 1 is 1.25 bits per heavy atom. The maximum atomic E-state index is 6.13. The largest absolute Gasteiger partial charge is 0.375 e. The summed E-state index contributed by atoms with van der Waals surface area (Å²) in [5.41, 5.74) is 0.291. The maximum absolute atomic E-state index is 6.13. The second-order valence-corrected chi connectivity index (χ2v) is 7.03. The molecule has 1 spiro atoms. The van der Waals surface area contributed by atoms with E-state index >= 15 is 0 Å². The first-order chi connectivity index (χ1) is 9.74. The summed E-state index contributed by atoms with van der Waals surface area (Å²) in [5.74, 6) is 1.70. The van der Waals surface area contributed by atoms with Crippen LogP contribution >= 0.6 is 0 Å². The Morgan fingerprint density at radius 3 is 2.60 bits per heavy atom. The molecule has 3 unspecified atom stereocenters. The molecule has 1 N–H and O–H groups in total. The van der Waals surface area contributed by atoms with Gasteiger partial charge in [0.1, 0.15) is 0 Å². The quantitative estimate of drug-likeness (QED) is 0.706. The molecular formula is C18H35NO. The molecule has 3 atom stereocenters. The van der Waals surface area contributed by atoms with Crippen molar-refractivity contribution in [2.75, 3.05) is 13.2 Å². The molecule has 0 aromatic carbocycles. The number of hydrogen-bond donors (Lipinski definition) is 1. The highest BCUT2D eigenvalue weighted by Crippen LogP contribution is 2.46. The molecule has 1 aliphatic carbocycles. The molecule has 20 heavy (non-hydrogen) atoms. The molecule has 118 valence electrons. The van der Waals surface area contributed by atoms with Gasteiger partial charge in [-0.2, -0.15) is 0 Å². The highest BCUT2D eigenvalue weighted by atomic mass is 16.5. The van der Waals surface area contributed by atoms with E-state index < -0.39 is 0 Å². The van der Waals surface area contributed by atoms with Crippen molar-refractivity contribution in [1.82, 2.24) is 5.32 Å². The third-order valence-corrected chi connectivity index (χ3v) is 5.70. The lowest BCUT2D eigenvalue weighted by Crippen LogP contribution is -2.52. The molecule has 2 rings (SSSR count). The van der Waals surface area contributed by atoms with Crippen LogP contribution in [0.1, 0.15) is 78.6 Å². The van der Waals surface area contributed by atoms with Gasteiger partial charge in [0.25, 0.3) is 0 Å². The average Bonchev–Trinajstić information content (AvgIpc) is 2.45. The highest BCUT2D eigenvalue weighted by molar-refractivity contribution is 4.97. The van der Waals surface area contributed by atoms with Crippen LogP contribution < -0.4 is 5.32 Å². The fourth-order valence-electron chi connectivity index (χ4n) is 4.35. The van der Waals surface area contributed by atoms with E-state index in [2.05, 4.69) is 26.1 Å². The van der Waals surface area contributed by atoms with Crippen molar-refractivity contribution >= 4 is 0 Å². The minimum Gasteiger partial charge on any atom is -0.375 e. The number of unbranched alkanes of at least 4 members (excludes halogenated alkanes) is 1. The Morgan fingerprint density at radius 2 is 2.05 bits per heavy atom. The fraction of sp³-hybridized carbons (Fsp3) is 1.00. The van der Waals surface area contributed by atoms with Crippen molar-refractivity contribution in [1.29, 1.82) is 0 Å². The number of nitrogens with one attached hydrogen (secondary N) is 1. The van der Waals surface area contributed by atoms with Crippen LogP contribution in [-0.4, -0.2) is 24.8 Å². The van der Waals surface area contributed by atoms with Crippen molar-refractivity contribution in [3.8, 4) is 0 Å². The molecule has 2 heteroatoms. The standard InChI is InChI=1S/C18H35NO/c1-4-7-9-15(5-2)17(19-6-3)16-10-13-20-18(14-16)11-8-12-18/h15-17,19H,4-14H2,1-3H3. The zero-order chi connectivity index (χ0) is 14.4. The minimum atomic E-state index is 0.291. The molecule has 0 radical (unpaired) electrons. The van der Waals surface area contributed by atoms with Gasteiger partial charge in [-0.05, 0) is 56.9 Å². The van der Waals surface area contributed by atoms with Crippen molar-refractivity contribution in [2.24, 2.45) is 11.8 Å². The van der Waals surface area contributed by atoms with E-state index in [1.54, 1.807) is 0 Å². The van der Waals surface area contributed by atoms with Gasteiger partial charge in [-0.25, -0.2) is 0 Å². The summed E-state index contributed by atoms with van der Waals surface area (Å²) in [4.78, 5) is 0. The smallest absolute Gasteiger partial charge is 0.0685 e. The van der Waals surface area contributed by atoms with Gasteiger partial charge in [0.05, 0.1) is 5.60 Å². The Balaban J connectivity index is 1.98. The predicted octanol–water partition coefficient (Wildman–Crippen LogP) is 4.53. The topological polar surface area (TPSA) is 21.3 Å². The summed E-state index contributed by atoms with van der Waals surface area (Å²) in [6, 6.07) is 0.720. The van der Waals surface area contributed by atoms with E-state index in [1.165, 1.54) is 57.8 Å². The van der Waals surface area contributed by atoms with Crippen molar-refractivity contribution in [2.45, 2.75) is 90.2 Å². The monoisotopic (exact) mass is 281 g/mol. The van der Waals surface area contributed by atoms with Crippen LogP contribution in [0, 0.1) is 11.8 Å². The lowest BCUT2D eigenvalue weighted by molar-refractivity contribution is -0.149. The molecule has 1 saturated carbocycles.